The second-order valence-electron chi connectivity index (χ2n) is 12.6. The molecule has 1 amide bonds. The number of rotatable bonds is 9. The molecule has 0 spiro atoms. The van der Waals surface area contributed by atoms with E-state index in [2.05, 4.69) is 29.6 Å². The van der Waals surface area contributed by atoms with E-state index in [9.17, 15) is 22.8 Å². The lowest BCUT2D eigenvalue weighted by molar-refractivity contribution is -0.142. The minimum Gasteiger partial charge on any atom is -0.318 e. The molecule has 4 aliphatic rings. The van der Waals surface area contributed by atoms with E-state index < -0.39 is 18.8 Å². The van der Waals surface area contributed by atoms with Crippen molar-refractivity contribution >= 4 is 17.6 Å². The number of nitrogens with zero attached hydrogens (tertiary/aromatic N) is 2. The third kappa shape index (κ3) is 6.37. The maximum absolute atomic E-state index is 13.1. The summed E-state index contributed by atoms with van der Waals surface area (Å²) < 4.78 is 39.4. The minimum absolute atomic E-state index is 0.0200. The molecule has 3 fully saturated rings. The van der Waals surface area contributed by atoms with Crippen molar-refractivity contribution < 1.29 is 27.6 Å². The van der Waals surface area contributed by atoms with Crippen LogP contribution in [0.15, 0.2) is 16.8 Å². The second kappa shape index (κ2) is 11.9. The number of carbonyl (C=O) groups excluding carboxylic acids is 2. The minimum atomic E-state index is -4.52. The quantitative estimate of drug-likeness (QED) is 0.175. The Morgan fingerprint density at radius 1 is 1.10 bits per heavy atom. The molecular formula is C29H45F3N4O3. The van der Waals surface area contributed by atoms with Crippen LogP contribution in [0.25, 0.3) is 0 Å². The number of halogens is 3. The number of alkyl halides is 3. The van der Waals surface area contributed by atoms with Crippen LogP contribution in [-0.2, 0) is 9.63 Å². The lowest BCUT2D eigenvalue weighted by Crippen LogP contribution is -2.51. The topological polar surface area (TPSA) is 83.0 Å². The van der Waals surface area contributed by atoms with Crippen molar-refractivity contribution in [2.75, 3.05) is 39.8 Å². The normalized spacial score (nSPS) is 34.6. The van der Waals surface area contributed by atoms with Gasteiger partial charge in [0.2, 0.25) is 0 Å². The number of fused-ring (bicyclic) bond motifs is 5. The van der Waals surface area contributed by atoms with Gasteiger partial charge in [-0.2, -0.15) is 13.2 Å². The van der Waals surface area contributed by atoms with Crippen LogP contribution in [0.1, 0.15) is 72.1 Å². The number of amides is 1. The van der Waals surface area contributed by atoms with Gasteiger partial charge in [0.05, 0.1) is 5.71 Å². The Kier molecular flexibility index (Phi) is 9.15. The molecule has 0 aromatic heterocycles. The van der Waals surface area contributed by atoms with Crippen molar-refractivity contribution in [3.05, 3.63) is 11.6 Å². The molecule has 39 heavy (non-hydrogen) atoms. The van der Waals surface area contributed by atoms with Crippen LogP contribution in [0.5, 0.6) is 0 Å². The summed E-state index contributed by atoms with van der Waals surface area (Å²) in [6.07, 6.45) is 4.17. The van der Waals surface area contributed by atoms with E-state index in [1.807, 2.05) is 13.0 Å². The van der Waals surface area contributed by atoms with Crippen LogP contribution in [0.4, 0.5) is 18.0 Å². The van der Waals surface area contributed by atoms with E-state index in [1.54, 1.807) is 7.05 Å². The van der Waals surface area contributed by atoms with E-state index in [1.165, 1.54) is 5.57 Å². The molecule has 0 radical (unpaired) electrons. The molecule has 0 unspecified atom stereocenters. The van der Waals surface area contributed by atoms with E-state index in [-0.39, 0.29) is 35.6 Å². The summed E-state index contributed by atoms with van der Waals surface area (Å²) in [4.78, 5) is 30.5. The number of allylic oxidation sites excluding steroid dienone is 1. The number of hydrogen-bond acceptors (Lipinski definition) is 6. The van der Waals surface area contributed by atoms with Gasteiger partial charge in [-0.25, -0.2) is 4.79 Å². The number of carbonyl (C=O) groups is 2. The number of ketones is 1. The molecule has 0 aromatic carbocycles. The van der Waals surface area contributed by atoms with Gasteiger partial charge in [-0.3, -0.25) is 14.5 Å². The van der Waals surface area contributed by atoms with Crippen LogP contribution in [0.3, 0.4) is 0 Å². The maximum Gasteiger partial charge on any atom is 0.436 e. The van der Waals surface area contributed by atoms with Crippen molar-refractivity contribution in [1.82, 2.24) is 15.5 Å². The van der Waals surface area contributed by atoms with Gasteiger partial charge in [0, 0.05) is 38.5 Å². The average Bonchev–Trinajstić information content (AvgIpc) is 3.23. The first-order chi connectivity index (χ1) is 18.4. The largest absolute Gasteiger partial charge is 0.436 e. The van der Waals surface area contributed by atoms with Gasteiger partial charge in [0.25, 0.3) is 0 Å². The van der Waals surface area contributed by atoms with Crippen molar-refractivity contribution in [1.29, 1.82) is 0 Å². The highest BCUT2D eigenvalue weighted by atomic mass is 19.4. The van der Waals surface area contributed by atoms with Crippen molar-refractivity contribution in [2.24, 2.45) is 39.7 Å². The van der Waals surface area contributed by atoms with E-state index in [0.29, 0.717) is 47.9 Å². The van der Waals surface area contributed by atoms with Gasteiger partial charge in [0.1, 0.15) is 6.54 Å². The summed E-state index contributed by atoms with van der Waals surface area (Å²) in [5.74, 6) is 2.10. The second-order valence-corrected chi connectivity index (χ2v) is 12.6. The zero-order valence-electron chi connectivity index (χ0n) is 23.8. The molecule has 2 N–H and O–H groups in total. The molecule has 0 aliphatic heterocycles. The summed E-state index contributed by atoms with van der Waals surface area (Å²) in [5, 5.41) is 10.1. The Labute approximate surface area is 230 Å². The average molecular weight is 555 g/mol. The van der Waals surface area contributed by atoms with Crippen LogP contribution < -0.4 is 10.6 Å². The SMILES string of the molecule is CNCCNCCN(CC(F)(F)F)C(=O)O/N=C(\C)[C@H]1CC[C@H]2[C@@H]3CCC4=CC(=O)CC[C@]4(C)[C@H]3CC[C@]12C. The van der Waals surface area contributed by atoms with Crippen LogP contribution in [0.2, 0.25) is 0 Å². The summed E-state index contributed by atoms with van der Waals surface area (Å²) >= 11 is 0. The summed E-state index contributed by atoms with van der Waals surface area (Å²) in [6, 6.07) is 0. The van der Waals surface area contributed by atoms with Gasteiger partial charge < -0.3 is 10.6 Å². The number of likely N-dealkylation sites (N-methyl/N-ethyl adjacent to an activating group) is 1. The third-order valence-electron chi connectivity index (χ3n) is 10.5. The van der Waals surface area contributed by atoms with Crippen LogP contribution in [-0.4, -0.2) is 68.4 Å². The molecule has 0 saturated heterocycles. The van der Waals surface area contributed by atoms with E-state index >= 15 is 0 Å². The molecular weight excluding hydrogens is 509 g/mol. The lowest BCUT2D eigenvalue weighted by atomic mass is 9.46. The molecule has 220 valence electrons. The molecule has 10 heteroatoms. The fourth-order valence-electron chi connectivity index (χ4n) is 8.48. The molecule has 0 bridgehead atoms. The van der Waals surface area contributed by atoms with Crippen molar-refractivity contribution in [3.8, 4) is 0 Å². The molecule has 4 aliphatic carbocycles. The molecule has 7 nitrogen and oxygen atoms in total. The zero-order valence-corrected chi connectivity index (χ0v) is 23.8. The van der Waals surface area contributed by atoms with E-state index in [0.717, 1.165) is 44.9 Å². The fraction of sp³-hybridized carbons (Fsp3) is 0.828. The van der Waals surface area contributed by atoms with Gasteiger partial charge in [-0.05, 0) is 93.6 Å². The number of oxime groups is 1. The maximum atomic E-state index is 13.1. The predicted molar refractivity (Wildman–Crippen MR) is 144 cm³/mol. The Hall–Kier alpha value is -1.94. The first-order valence-corrected chi connectivity index (χ1v) is 14.6. The monoisotopic (exact) mass is 554 g/mol. The van der Waals surface area contributed by atoms with Gasteiger partial charge in [-0.1, -0.05) is 24.6 Å². The van der Waals surface area contributed by atoms with Crippen LogP contribution >= 0.6 is 0 Å². The number of nitrogens with one attached hydrogen (secondary N) is 2. The predicted octanol–water partition coefficient (Wildman–Crippen LogP) is 5.32. The Balaban J connectivity index is 1.41. The molecule has 4 rings (SSSR count). The van der Waals surface area contributed by atoms with Crippen molar-refractivity contribution in [2.45, 2.75) is 78.3 Å². The highest BCUT2D eigenvalue weighted by molar-refractivity contribution is 5.91. The lowest BCUT2D eigenvalue weighted by Gasteiger charge is -2.58. The molecule has 0 aromatic rings. The highest BCUT2D eigenvalue weighted by Gasteiger charge is 2.59. The standard InChI is InChI=1S/C29H45F3N4O3/c1-19(35-39-26(38)36(18-29(30,31)32)16-15-34-14-13-33-4)23-7-8-24-22-6-5-20-17-21(37)9-11-27(20,2)25(22)10-12-28(23,24)3/h17,22-25,33-34H,5-16,18H2,1-4H3/b35-19+/t22-,23+,24-,25-,27-,28+/m0/s1. The smallest absolute Gasteiger partial charge is 0.318 e. The number of hydrogen-bond donors (Lipinski definition) is 2. The Bertz CT molecular complexity index is 983. The molecule has 3 saturated carbocycles. The summed E-state index contributed by atoms with van der Waals surface area (Å²) in [5.41, 5.74) is 2.17. The highest BCUT2D eigenvalue weighted by Crippen LogP contribution is 2.66. The Morgan fingerprint density at radius 2 is 1.87 bits per heavy atom. The van der Waals surface area contributed by atoms with Crippen molar-refractivity contribution in [3.63, 3.8) is 0 Å². The van der Waals surface area contributed by atoms with Gasteiger partial charge >= 0.3 is 12.3 Å². The summed E-state index contributed by atoms with van der Waals surface area (Å²) in [6.45, 7) is 6.54. The van der Waals surface area contributed by atoms with Gasteiger partial charge in [-0.15, -0.1) is 0 Å². The summed E-state index contributed by atoms with van der Waals surface area (Å²) in [7, 11) is 1.79. The first-order valence-electron chi connectivity index (χ1n) is 14.6. The fourth-order valence-corrected chi connectivity index (χ4v) is 8.48. The van der Waals surface area contributed by atoms with Gasteiger partial charge in [0.15, 0.2) is 5.78 Å². The Morgan fingerprint density at radius 3 is 2.59 bits per heavy atom. The van der Waals surface area contributed by atoms with E-state index in [4.69, 9.17) is 4.84 Å². The van der Waals surface area contributed by atoms with Crippen LogP contribution in [0, 0.1) is 34.5 Å². The molecule has 0 heterocycles. The zero-order chi connectivity index (χ0) is 28.4. The first kappa shape index (κ1) is 30.0. The third-order valence-corrected chi connectivity index (χ3v) is 10.5. The molecule has 6 atom stereocenters.